The molecule has 0 fully saturated rings. The van der Waals surface area contributed by atoms with E-state index in [1.807, 2.05) is 53.1 Å². The maximum atomic E-state index is 6.01. The van der Waals surface area contributed by atoms with Crippen molar-refractivity contribution in [2.75, 3.05) is 5.73 Å². The zero-order valence-electron chi connectivity index (χ0n) is 11.0. The van der Waals surface area contributed by atoms with E-state index in [0.717, 1.165) is 28.5 Å². The number of hydrogen-bond acceptors (Lipinski definition) is 3. The highest BCUT2D eigenvalue weighted by Gasteiger charge is 2.07. The van der Waals surface area contributed by atoms with Crippen molar-refractivity contribution < 1.29 is 4.74 Å². The normalized spacial score (nSPS) is 10.6. The number of nitrogen functional groups attached to an aromatic ring is 1. The molecule has 4 heteroatoms. The van der Waals surface area contributed by atoms with Gasteiger partial charge in [-0.05, 0) is 36.8 Å². The highest BCUT2D eigenvalue weighted by molar-refractivity contribution is 5.50. The molecule has 0 spiro atoms. The number of nitrogens with two attached hydrogens (primary N) is 1. The van der Waals surface area contributed by atoms with Crippen LogP contribution >= 0.6 is 0 Å². The Morgan fingerprint density at radius 1 is 1.30 bits per heavy atom. The van der Waals surface area contributed by atoms with E-state index in [4.69, 9.17) is 10.5 Å². The number of ether oxygens (including phenoxy) is 1. The van der Waals surface area contributed by atoms with E-state index in [2.05, 4.69) is 11.6 Å². The number of anilines is 1. The van der Waals surface area contributed by atoms with E-state index in [9.17, 15) is 0 Å². The summed E-state index contributed by atoms with van der Waals surface area (Å²) < 4.78 is 7.91. The van der Waals surface area contributed by atoms with Gasteiger partial charge in [0.2, 0.25) is 5.88 Å². The molecule has 3 rings (SSSR count). The molecule has 0 amide bonds. The standard InChI is InChI=1S/C16H15N3O/c1-2-4-12-11-13(17)7-8-14(12)20-16-6-3-5-15-18-9-10-19(15)16/h2-3,5-11H,1,4,17H2. The first-order chi connectivity index (χ1) is 9.78. The van der Waals surface area contributed by atoms with Gasteiger partial charge in [-0.2, -0.15) is 0 Å². The number of pyridine rings is 1. The van der Waals surface area contributed by atoms with Gasteiger partial charge >= 0.3 is 0 Å². The van der Waals surface area contributed by atoms with Crippen molar-refractivity contribution in [2.45, 2.75) is 6.42 Å². The van der Waals surface area contributed by atoms with E-state index in [0.29, 0.717) is 6.42 Å². The van der Waals surface area contributed by atoms with E-state index in [-0.39, 0.29) is 0 Å². The van der Waals surface area contributed by atoms with Crippen molar-refractivity contribution >= 4 is 11.3 Å². The van der Waals surface area contributed by atoms with Gasteiger partial charge in [0.1, 0.15) is 11.4 Å². The third-order valence-corrected chi connectivity index (χ3v) is 3.05. The summed E-state index contributed by atoms with van der Waals surface area (Å²) in [5, 5.41) is 0. The first kappa shape index (κ1) is 12.3. The first-order valence-corrected chi connectivity index (χ1v) is 6.37. The van der Waals surface area contributed by atoms with Crippen molar-refractivity contribution in [2.24, 2.45) is 0 Å². The molecule has 3 aromatic rings. The molecule has 0 unspecified atom stereocenters. The van der Waals surface area contributed by atoms with Gasteiger partial charge in [0.15, 0.2) is 0 Å². The molecule has 0 aliphatic heterocycles. The fourth-order valence-electron chi connectivity index (χ4n) is 2.13. The molecule has 2 N–H and O–H groups in total. The Bertz CT molecular complexity index is 761. The van der Waals surface area contributed by atoms with Crippen LogP contribution in [0.4, 0.5) is 5.69 Å². The van der Waals surface area contributed by atoms with Gasteiger partial charge in [-0.25, -0.2) is 4.98 Å². The number of benzene rings is 1. The molecule has 0 atom stereocenters. The van der Waals surface area contributed by atoms with Crippen LogP contribution in [0.3, 0.4) is 0 Å². The van der Waals surface area contributed by atoms with Gasteiger partial charge in [0.05, 0.1) is 0 Å². The van der Waals surface area contributed by atoms with Crippen LogP contribution in [0.2, 0.25) is 0 Å². The van der Waals surface area contributed by atoms with Crippen LogP contribution in [-0.2, 0) is 6.42 Å². The topological polar surface area (TPSA) is 52.5 Å². The third-order valence-electron chi connectivity index (χ3n) is 3.05. The molecule has 4 nitrogen and oxygen atoms in total. The van der Waals surface area contributed by atoms with Crippen molar-refractivity contribution in [1.29, 1.82) is 0 Å². The molecule has 1 aromatic carbocycles. The smallest absolute Gasteiger partial charge is 0.205 e. The number of fused-ring (bicyclic) bond motifs is 1. The van der Waals surface area contributed by atoms with E-state index < -0.39 is 0 Å². The zero-order valence-corrected chi connectivity index (χ0v) is 11.0. The van der Waals surface area contributed by atoms with E-state index >= 15 is 0 Å². The molecule has 0 aliphatic rings. The van der Waals surface area contributed by atoms with E-state index in [1.54, 1.807) is 6.20 Å². The number of hydrogen-bond donors (Lipinski definition) is 1. The number of nitrogens with zero attached hydrogens (tertiary/aromatic N) is 2. The number of imidazole rings is 1. The van der Waals surface area contributed by atoms with Crippen LogP contribution in [0.5, 0.6) is 11.6 Å². The fourth-order valence-corrected chi connectivity index (χ4v) is 2.13. The molecule has 2 aromatic heterocycles. The lowest BCUT2D eigenvalue weighted by molar-refractivity contribution is 0.452. The summed E-state index contributed by atoms with van der Waals surface area (Å²) in [6.07, 6.45) is 6.16. The maximum absolute atomic E-state index is 6.01. The predicted molar refractivity (Wildman–Crippen MR) is 80.0 cm³/mol. The van der Waals surface area contributed by atoms with Crippen molar-refractivity contribution in [1.82, 2.24) is 9.38 Å². The molecule has 0 saturated carbocycles. The minimum atomic E-state index is 0.709. The van der Waals surface area contributed by atoms with Crippen LogP contribution in [0.15, 0.2) is 61.4 Å². The average molecular weight is 265 g/mol. The lowest BCUT2D eigenvalue weighted by Crippen LogP contribution is -1.97. The SMILES string of the molecule is C=CCc1cc(N)ccc1Oc1cccc2nccn12. The zero-order chi connectivity index (χ0) is 13.9. The molecule has 0 bridgehead atoms. The summed E-state index contributed by atoms with van der Waals surface area (Å²) in [7, 11) is 0. The van der Waals surface area contributed by atoms with Gasteiger partial charge in [0, 0.05) is 23.6 Å². The summed E-state index contributed by atoms with van der Waals surface area (Å²) in [5.74, 6) is 1.50. The Labute approximate surface area is 117 Å². The highest BCUT2D eigenvalue weighted by atomic mass is 16.5. The van der Waals surface area contributed by atoms with Crippen LogP contribution in [0.1, 0.15) is 5.56 Å². The van der Waals surface area contributed by atoms with Gasteiger partial charge < -0.3 is 10.5 Å². The summed E-state index contributed by atoms with van der Waals surface area (Å²) in [5.41, 5.74) is 8.40. The molecule has 0 aliphatic carbocycles. The number of allylic oxidation sites excluding steroid dienone is 1. The summed E-state index contributed by atoms with van der Waals surface area (Å²) >= 11 is 0. The van der Waals surface area contributed by atoms with Crippen LogP contribution in [0.25, 0.3) is 5.65 Å². The minimum absolute atomic E-state index is 0.709. The van der Waals surface area contributed by atoms with Gasteiger partial charge in [-0.15, -0.1) is 6.58 Å². The maximum Gasteiger partial charge on any atom is 0.205 e. The largest absolute Gasteiger partial charge is 0.440 e. The first-order valence-electron chi connectivity index (χ1n) is 6.37. The quantitative estimate of drug-likeness (QED) is 0.580. The minimum Gasteiger partial charge on any atom is -0.440 e. The molecule has 20 heavy (non-hydrogen) atoms. The monoisotopic (exact) mass is 265 g/mol. The second-order valence-corrected chi connectivity index (χ2v) is 4.48. The Morgan fingerprint density at radius 3 is 3.05 bits per heavy atom. The molecular weight excluding hydrogens is 250 g/mol. The van der Waals surface area contributed by atoms with Crippen LogP contribution in [0, 0.1) is 0 Å². The van der Waals surface area contributed by atoms with Crippen molar-refractivity contribution in [3.8, 4) is 11.6 Å². The van der Waals surface area contributed by atoms with Crippen molar-refractivity contribution in [3.05, 3.63) is 67.0 Å². The van der Waals surface area contributed by atoms with Gasteiger partial charge in [-0.1, -0.05) is 12.1 Å². The highest BCUT2D eigenvalue weighted by Crippen LogP contribution is 2.28. The van der Waals surface area contributed by atoms with Crippen molar-refractivity contribution in [3.63, 3.8) is 0 Å². The fraction of sp³-hybridized carbons (Fsp3) is 0.0625. The van der Waals surface area contributed by atoms with Crippen LogP contribution < -0.4 is 10.5 Å². The third kappa shape index (κ3) is 2.23. The lowest BCUT2D eigenvalue weighted by Gasteiger charge is -2.12. The Balaban J connectivity index is 2.02. The molecular formula is C16H15N3O. The summed E-state index contributed by atoms with van der Waals surface area (Å²) in [4.78, 5) is 4.24. The molecule has 0 saturated heterocycles. The van der Waals surface area contributed by atoms with Gasteiger partial charge in [-0.3, -0.25) is 4.40 Å². The molecule has 100 valence electrons. The second kappa shape index (κ2) is 5.09. The van der Waals surface area contributed by atoms with Gasteiger partial charge in [0.25, 0.3) is 0 Å². The van der Waals surface area contributed by atoms with Crippen LogP contribution in [-0.4, -0.2) is 9.38 Å². The predicted octanol–water partition coefficient (Wildman–Crippen LogP) is 3.44. The Morgan fingerprint density at radius 2 is 2.20 bits per heavy atom. The Hall–Kier alpha value is -2.75. The van der Waals surface area contributed by atoms with E-state index in [1.165, 1.54) is 0 Å². The number of rotatable bonds is 4. The lowest BCUT2D eigenvalue weighted by atomic mass is 10.1. The average Bonchev–Trinajstić information content (AvgIpc) is 2.91. The molecule has 0 radical (unpaired) electrons. The summed E-state index contributed by atoms with van der Waals surface area (Å²) in [6, 6.07) is 11.4. The summed E-state index contributed by atoms with van der Waals surface area (Å²) in [6.45, 7) is 3.76. The molecule has 2 heterocycles. The Kier molecular flexibility index (Phi) is 3.13. The second-order valence-electron chi connectivity index (χ2n) is 4.48. The number of aromatic nitrogens is 2.